The molecule has 0 radical (unpaired) electrons. The predicted octanol–water partition coefficient (Wildman–Crippen LogP) is 0.231. The van der Waals surface area contributed by atoms with Gasteiger partial charge in [0.15, 0.2) is 0 Å². The van der Waals surface area contributed by atoms with Crippen molar-refractivity contribution >= 4 is 23.6 Å². The molecule has 1 amide bonds. The summed E-state index contributed by atoms with van der Waals surface area (Å²) in [6.45, 7) is 5.94. The molecule has 1 rings (SSSR count). The van der Waals surface area contributed by atoms with Gasteiger partial charge in [-0.1, -0.05) is 0 Å². The zero-order valence-corrected chi connectivity index (χ0v) is 11.4. The fourth-order valence-electron chi connectivity index (χ4n) is 1.65. The Hall–Kier alpha value is -0.750. The highest BCUT2D eigenvalue weighted by Crippen LogP contribution is 2.20. The van der Waals surface area contributed by atoms with Crippen molar-refractivity contribution in [3.8, 4) is 0 Å². The summed E-state index contributed by atoms with van der Waals surface area (Å²) in [4.78, 5) is 25.4. The first-order chi connectivity index (χ1) is 7.88. The SMILES string of the molecule is CCOC(=O)C1CSCCN1C(=O)C(C)(C)N. The Morgan fingerprint density at radius 2 is 2.18 bits per heavy atom. The highest BCUT2D eigenvalue weighted by molar-refractivity contribution is 7.99. The molecular formula is C11H20N2O3S. The maximum absolute atomic E-state index is 12.1. The molecule has 1 aliphatic heterocycles. The fourth-order valence-corrected chi connectivity index (χ4v) is 2.68. The first kappa shape index (κ1) is 14.3. The van der Waals surface area contributed by atoms with Crippen LogP contribution in [0.4, 0.5) is 0 Å². The highest BCUT2D eigenvalue weighted by Gasteiger charge is 2.38. The standard InChI is InChI=1S/C11H20N2O3S/c1-4-16-9(14)8-7-17-6-5-13(8)10(15)11(2,3)12/h8H,4-7,12H2,1-3H3. The van der Waals surface area contributed by atoms with E-state index in [4.69, 9.17) is 10.5 Å². The summed E-state index contributed by atoms with van der Waals surface area (Å²) in [6.07, 6.45) is 0. The van der Waals surface area contributed by atoms with E-state index in [0.29, 0.717) is 18.9 Å². The molecule has 1 heterocycles. The molecule has 17 heavy (non-hydrogen) atoms. The molecule has 0 aromatic carbocycles. The van der Waals surface area contributed by atoms with Crippen LogP contribution >= 0.6 is 11.8 Å². The zero-order chi connectivity index (χ0) is 13.1. The minimum atomic E-state index is -0.952. The van der Waals surface area contributed by atoms with Crippen molar-refractivity contribution in [3.63, 3.8) is 0 Å². The third-order valence-corrected chi connectivity index (χ3v) is 3.52. The van der Waals surface area contributed by atoms with Crippen LogP contribution in [0.5, 0.6) is 0 Å². The number of hydrogen-bond acceptors (Lipinski definition) is 5. The van der Waals surface area contributed by atoms with Gasteiger partial charge in [0.05, 0.1) is 12.1 Å². The Morgan fingerprint density at radius 3 is 2.71 bits per heavy atom. The molecule has 1 aliphatic rings. The van der Waals surface area contributed by atoms with E-state index in [-0.39, 0.29) is 11.9 Å². The molecule has 1 atom stereocenters. The number of carbonyl (C=O) groups excluding carboxylic acids is 2. The van der Waals surface area contributed by atoms with E-state index in [1.807, 2.05) is 0 Å². The van der Waals surface area contributed by atoms with E-state index < -0.39 is 11.6 Å². The third-order valence-electron chi connectivity index (χ3n) is 2.50. The summed E-state index contributed by atoms with van der Waals surface area (Å²) in [6, 6.07) is -0.496. The average molecular weight is 260 g/mol. The largest absolute Gasteiger partial charge is 0.464 e. The van der Waals surface area contributed by atoms with Crippen LogP contribution in [0.2, 0.25) is 0 Å². The maximum atomic E-state index is 12.1. The Balaban J connectivity index is 2.79. The number of ether oxygens (including phenoxy) is 1. The van der Waals surface area contributed by atoms with Crippen LogP contribution in [0.1, 0.15) is 20.8 Å². The van der Waals surface area contributed by atoms with Gasteiger partial charge in [0.1, 0.15) is 6.04 Å². The summed E-state index contributed by atoms with van der Waals surface area (Å²) in [5.41, 5.74) is 4.84. The van der Waals surface area contributed by atoms with Gasteiger partial charge in [-0.3, -0.25) is 4.79 Å². The van der Waals surface area contributed by atoms with Crippen LogP contribution < -0.4 is 5.73 Å². The van der Waals surface area contributed by atoms with Crippen LogP contribution in [0.3, 0.4) is 0 Å². The van der Waals surface area contributed by atoms with Crippen LogP contribution in [0.15, 0.2) is 0 Å². The number of carbonyl (C=O) groups is 2. The molecule has 98 valence electrons. The lowest BCUT2D eigenvalue weighted by Crippen LogP contribution is -2.59. The van der Waals surface area contributed by atoms with E-state index >= 15 is 0 Å². The van der Waals surface area contributed by atoms with Gasteiger partial charge in [-0.05, 0) is 20.8 Å². The predicted molar refractivity (Wildman–Crippen MR) is 67.7 cm³/mol. The Bertz CT molecular complexity index is 302. The van der Waals surface area contributed by atoms with E-state index in [1.54, 1.807) is 37.4 Å². The van der Waals surface area contributed by atoms with Crippen molar-refractivity contribution in [3.05, 3.63) is 0 Å². The molecule has 6 heteroatoms. The van der Waals surface area contributed by atoms with Crippen molar-refractivity contribution in [2.24, 2.45) is 5.73 Å². The van der Waals surface area contributed by atoms with Gasteiger partial charge in [-0.25, -0.2) is 4.79 Å². The van der Waals surface area contributed by atoms with E-state index in [0.717, 1.165) is 5.75 Å². The number of esters is 1. The highest BCUT2D eigenvalue weighted by atomic mass is 32.2. The molecule has 0 aromatic heterocycles. The minimum Gasteiger partial charge on any atom is -0.464 e. The fraction of sp³-hybridized carbons (Fsp3) is 0.818. The number of nitrogens with zero attached hydrogens (tertiary/aromatic N) is 1. The quantitative estimate of drug-likeness (QED) is 0.735. The number of thioether (sulfide) groups is 1. The van der Waals surface area contributed by atoms with Crippen LogP contribution in [0, 0.1) is 0 Å². The van der Waals surface area contributed by atoms with Gasteiger partial charge in [0, 0.05) is 18.1 Å². The van der Waals surface area contributed by atoms with Crippen LogP contribution in [0.25, 0.3) is 0 Å². The molecule has 0 aromatic rings. The van der Waals surface area contributed by atoms with Gasteiger partial charge < -0.3 is 15.4 Å². The van der Waals surface area contributed by atoms with Crippen molar-refractivity contribution in [2.45, 2.75) is 32.4 Å². The summed E-state index contributed by atoms with van der Waals surface area (Å²) in [5.74, 6) is 0.881. The molecule has 0 aliphatic carbocycles. The molecule has 0 saturated carbocycles. The summed E-state index contributed by atoms with van der Waals surface area (Å²) in [7, 11) is 0. The summed E-state index contributed by atoms with van der Waals surface area (Å²) < 4.78 is 4.99. The second kappa shape index (κ2) is 5.73. The normalized spacial score (nSPS) is 21.2. The molecule has 0 spiro atoms. The second-order valence-corrected chi connectivity index (χ2v) is 5.71. The summed E-state index contributed by atoms with van der Waals surface area (Å²) in [5, 5.41) is 0. The third kappa shape index (κ3) is 3.61. The van der Waals surface area contributed by atoms with Crippen LogP contribution in [-0.2, 0) is 14.3 Å². The van der Waals surface area contributed by atoms with E-state index in [9.17, 15) is 9.59 Å². The van der Waals surface area contributed by atoms with Crippen molar-refractivity contribution in [1.82, 2.24) is 4.90 Å². The summed E-state index contributed by atoms with van der Waals surface area (Å²) >= 11 is 1.65. The lowest BCUT2D eigenvalue weighted by atomic mass is 10.0. The average Bonchev–Trinajstić information content (AvgIpc) is 2.27. The molecule has 1 unspecified atom stereocenters. The topological polar surface area (TPSA) is 72.6 Å². The zero-order valence-electron chi connectivity index (χ0n) is 10.6. The van der Waals surface area contributed by atoms with Gasteiger partial charge in [0.25, 0.3) is 0 Å². The van der Waals surface area contributed by atoms with Gasteiger partial charge in [-0.2, -0.15) is 11.8 Å². The molecule has 1 fully saturated rings. The smallest absolute Gasteiger partial charge is 0.329 e. The molecule has 5 nitrogen and oxygen atoms in total. The number of hydrogen-bond donors (Lipinski definition) is 1. The number of rotatable bonds is 3. The monoisotopic (exact) mass is 260 g/mol. The van der Waals surface area contributed by atoms with Crippen molar-refractivity contribution in [1.29, 1.82) is 0 Å². The second-order valence-electron chi connectivity index (χ2n) is 4.56. The minimum absolute atomic E-state index is 0.198. The maximum Gasteiger partial charge on any atom is 0.329 e. The van der Waals surface area contributed by atoms with Crippen molar-refractivity contribution in [2.75, 3.05) is 24.7 Å². The lowest BCUT2D eigenvalue weighted by molar-refractivity contribution is -0.155. The number of amides is 1. The first-order valence-electron chi connectivity index (χ1n) is 5.72. The number of nitrogens with two attached hydrogens (primary N) is 1. The van der Waals surface area contributed by atoms with Crippen LogP contribution in [-0.4, -0.2) is 53.0 Å². The van der Waals surface area contributed by atoms with E-state index in [2.05, 4.69) is 0 Å². The van der Waals surface area contributed by atoms with Gasteiger partial charge in [0.2, 0.25) is 5.91 Å². The Labute approximate surface area is 106 Å². The van der Waals surface area contributed by atoms with E-state index in [1.165, 1.54) is 0 Å². The first-order valence-corrected chi connectivity index (χ1v) is 6.87. The Kier molecular flexibility index (Phi) is 4.82. The van der Waals surface area contributed by atoms with Gasteiger partial charge >= 0.3 is 5.97 Å². The Morgan fingerprint density at radius 1 is 1.53 bits per heavy atom. The molecule has 0 bridgehead atoms. The molecule has 2 N–H and O–H groups in total. The lowest BCUT2D eigenvalue weighted by Gasteiger charge is -2.37. The molecular weight excluding hydrogens is 240 g/mol. The van der Waals surface area contributed by atoms with Crippen molar-refractivity contribution < 1.29 is 14.3 Å². The molecule has 1 saturated heterocycles. The van der Waals surface area contributed by atoms with Gasteiger partial charge in [-0.15, -0.1) is 0 Å².